The molecule has 0 spiro atoms. The van der Waals surface area contributed by atoms with E-state index in [0.717, 1.165) is 0 Å². The second kappa shape index (κ2) is 5.51. The molecule has 0 saturated heterocycles. The first kappa shape index (κ1) is 15.6. The van der Waals surface area contributed by atoms with E-state index in [1.807, 2.05) is 5.32 Å². The maximum Gasteiger partial charge on any atom is 0.411 e. The third kappa shape index (κ3) is 3.63. The van der Waals surface area contributed by atoms with Crippen LogP contribution in [0.3, 0.4) is 0 Å². The van der Waals surface area contributed by atoms with Gasteiger partial charge in [-0.1, -0.05) is 12.2 Å². The lowest BCUT2D eigenvalue weighted by Gasteiger charge is -2.20. The van der Waals surface area contributed by atoms with Crippen LogP contribution in [-0.2, 0) is 4.79 Å². The minimum absolute atomic E-state index is 0.0924. The van der Waals surface area contributed by atoms with Gasteiger partial charge in [-0.25, -0.2) is 0 Å². The van der Waals surface area contributed by atoms with Gasteiger partial charge in [0.15, 0.2) is 6.61 Å². The van der Waals surface area contributed by atoms with Gasteiger partial charge in [0.05, 0.1) is 0 Å². The van der Waals surface area contributed by atoms with Crippen LogP contribution < -0.4 is 15.8 Å². The molecule has 8 heteroatoms. The van der Waals surface area contributed by atoms with E-state index in [4.69, 9.17) is 22.7 Å². The number of ether oxygens (including phenoxy) is 1. The molecule has 21 heavy (non-hydrogen) atoms. The maximum atomic E-state index is 12.7. The largest absolute Gasteiger partial charge is 0.484 e. The van der Waals surface area contributed by atoms with Gasteiger partial charge < -0.3 is 15.8 Å². The summed E-state index contributed by atoms with van der Waals surface area (Å²) in [5.41, 5.74) is 3.99. The third-order valence-corrected chi connectivity index (χ3v) is 3.42. The first-order valence-electron chi connectivity index (χ1n) is 6.14. The van der Waals surface area contributed by atoms with Crippen LogP contribution in [0, 0.1) is 0 Å². The number of carbonyl (C=O) groups is 1. The minimum atomic E-state index is -4.43. The Kier molecular flexibility index (Phi) is 4.08. The Morgan fingerprint density at radius 3 is 2.33 bits per heavy atom. The fourth-order valence-electron chi connectivity index (χ4n) is 1.77. The number of carbonyl (C=O) groups excluding carboxylic acids is 1. The lowest BCUT2D eigenvalue weighted by atomic mass is 10.2. The van der Waals surface area contributed by atoms with Crippen molar-refractivity contribution in [3.8, 4) is 5.75 Å². The van der Waals surface area contributed by atoms with E-state index in [2.05, 4.69) is 0 Å². The molecule has 1 aromatic carbocycles. The molecule has 0 radical (unpaired) electrons. The van der Waals surface area contributed by atoms with Crippen LogP contribution in [0.5, 0.6) is 5.75 Å². The number of rotatable bonds is 5. The number of hydrogen-bond donors (Lipinski definition) is 2. The summed E-state index contributed by atoms with van der Waals surface area (Å²) >= 11 is 4.78. The highest BCUT2D eigenvalue weighted by molar-refractivity contribution is 7.80. The van der Waals surface area contributed by atoms with Crippen molar-refractivity contribution in [2.75, 3.05) is 6.61 Å². The number of nitrogens with one attached hydrogen (secondary N) is 1. The summed E-state index contributed by atoms with van der Waals surface area (Å²) in [6.45, 7) is -0.482. The number of benzene rings is 1. The molecule has 3 N–H and O–H groups in total. The number of hydrogen-bond acceptors (Lipinski definition) is 3. The zero-order valence-corrected chi connectivity index (χ0v) is 11.7. The maximum absolute atomic E-state index is 12.7. The standard InChI is InChI=1S/C13H13F3N2O2S/c14-13(15,16)12(5-6-12)18-10(19)7-20-9-3-1-8(2-4-9)11(17)21/h1-4H,5-7H2,(H2,17,21)(H,18,19). The van der Waals surface area contributed by atoms with Crippen molar-refractivity contribution in [2.24, 2.45) is 5.73 Å². The summed E-state index contributed by atoms with van der Waals surface area (Å²) in [4.78, 5) is 11.7. The van der Waals surface area contributed by atoms with E-state index in [9.17, 15) is 18.0 Å². The van der Waals surface area contributed by atoms with E-state index in [1.54, 1.807) is 24.3 Å². The van der Waals surface area contributed by atoms with Gasteiger partial charge >= 0.3 is 6.18 Å². The summed E-state index contributed by atoms with van der Waals surface area (Å²) in [6, 6.07) is 6.29. The summed E-state index contributed by atoms with van der Waals surface area (Å²) in [6.07, 6.45) is -4.61. The van der Waals surface area contributed by atoms with Gasteiger partial charge in [-0.2, -0.15) is 13.2 Å². The molecular formula is C13H13F3N2O2S. The fourth-order valence-corrected chi connectivity index (χ4v) is 1.91. The topological polar surface area (TPSA) is 64.3 Å². The number of amides is 1. The fraction of sp³-hybridized carbons (Fsp3) is 0.385. The SMILES string of the molecule is NC(=S)c1ccc(OCC(=O)NC2(C(F)(F)F)CC2)cc1. The molecule has 0 aromatic heterocycles. The van der Waals surface area contributed by atoms with Crippen LogP contribution in [0.2, 0.25) is 0 Å². The Morgan fingerprint density at radius 1 is 1.33 bits per heavy atom. The monoisotopic (exact) mass is 318 g/mol. The minimum Gasteiger partial charge on any atom is -0.484 e. The summed E-state index contributed by atoms with van der Waals surface area (Å²) in [7, 11) is 0. The van der Waals surface area contributed by atoms with Crippen molar-refractivity contribution < 1.29 is 22.7 Å². The van der Waals surface area contributed by atoms with Crippen molar-refractivity contribution in [2.45, 2.75) is 24.6 Å². The highest BCUT2D eigenvalue weighted by Crippen LogP contribution is 2.48. The van der Waals surface area contributed by atoms with Crippen LogP contribution in [-0.4, -0.2) is 29.2 Å². The van der Waals surface area contributed by atoms with Crippen LogP contribution in [0.15, 0.2) is 24.3 Å². The number of alkyl halides is 3. The van der Waals surface area contributed by atoms with Gasteiger partial charge in [-0.15, -0.1) is 0 Å². The predicted octanol–water partition coefficient (Wildman–Crippen LogP) is 1.91. The highest BCUT2D eigenvalue weighted by Gasteiger charge is 2.64. The van der Waals surface area contributed by atoms with E-state index < -0.39 is 24.2 Å². The van der Waals surface area contributed by atoms with Crippen molar-refractivity contribution in [3.63, 3.8) is 0 Å². The highest BCUT2D eigenvalue weighted by atomic mass is 32.1. The van der Waals surface area contributed by atoms with Crippen LogP contribution in [0.1, 0.15) is 18.4 Å². The van der Waals surface area contributed by atoms with E-state index in [0.29, 0.717) is 11.3 Å². The quantitative estimate of drug-likeness (QED) is 0.814. The molecular weight excluding hydrogens is 305 g/mol. The van der Waals surface area contributed by atoms with Gasteiger partial charge in [-0.3, -0.25) is 4.79 Å². The Morgan fingerprint density at radius 2 is 1.90 bits per heavy atom. The average Bonchev–Trinajstić information content (AvgIpc) is 3.17. The molecule has 2 rings (SSSR count). The second-order valence-corrected chi connectivity index (χ2v) is 5.25. The van der Waals surface area contributed by atoms with Gasteiger partial charge in [-0.05, 0) is 37.1 Å². The molecule has 0 bridgehead atoms. The lowest BCUT2D eigenvalue weighted by Crippen LogP contribution is -2.49. The molecule has 4 nitrogen and oxygen atoms in total. The molecule has 1 fully saturated rings. The Labute approximate surface area is 124 Å². The normalized spacial score (nSPS) is 16.1. The molecule has 0 unspecified atom stereocenters. The molecule has 0 heterocycles. The van der Waals surface area contributed by atoms with E-state index >= 15 is 0 Å². The average molecular weight is 318 g/mol. The van der Waals surface area contributed by atoms with Crippen LogP contribution in [0.25, 0.3) is 0 Å². The molecule has 1 saturated carbocycles. The zero-order chi connectivity index (χ0) is 15.7. The summed E-state index contributed by atoms with van der Waals surface area (Å²) in [5.74, 6) is -0.453. The Hall–Kier alpha value is -1.83. The van der Waals surface area contributed by atoms with Crippen molar-refractivity contribution in [1.29, 1.82) is 0 Å². The first-order valence-corrected chi connectivity index (χ1v) is 6.55. The number of halogens is 3. The van der Waals surface area contributed by atoms with Gasteiger partial charge in [0.2, 0.25) is 0 Å². The van der Waals surface area contributed by atoms with Crippen LogP contribution >= 0.6 is 12.2 Å². The van der Waals surface area contributed by atoms with Crippen molar-refractivity contribution in [3.05, 3.63) is 29.8 Å². The Balaban J connectivity index is 1.86. The molecule has 0 aliphatic heterocycles. The molecule has 1 aliphatic rings. The number of thiocarbonyl (C=S) groups is 1. The van der Waals surface area contributed by atoms with Crippen molar-refractivity contribution in [1.82, 2.24) is 5.32 Å². The molecule has 1 aromatic rings. The van der Waals surface area contributed by atoms with Crippen LogP contribution in [0.4, 0.5) is 13.2 Å². The number of nitrogens with two attached hydrogens (primary N) is 1. The molecule has 114 valence electrons. The Bertz CT molecular complexity index is 554. The first-order chi connectivity index (χ1) is 9.73. The summed E-state index contributed by atoms with van der Waals surface area (Å²) in [5, 5.41) is 1.98. The molecule has 1 aliphatic carbocycles. The molecule has 0 atom stereocenters. The predicted molar refractivity (Wildman–Crippen MR) is 74.0 cm³/mol. The molecule has 1 amide bonds. The van der Waals surface area contributed by atoms with Gasteiger partial charge in [0, 0.05) is 5.56 Å². The van der Waals surface area contributed by atoms with Gasteiger partial charge in [0.25, 0.3) is 5.91 Å². The van der Waals surface area contributed by atoms with Gasteiger partial charge in [0.1, 0.15) is 16.3 Å². The zero-order valence-electron chi connectivity index (χ0n) is 10.9. The van der Waals surface area contributed by atoms with Crippen molar-refractivity contribution >= 4 is 23.1 Å². The third-order valence-electron chi connectivity index (χ3n) is 3.18. The summed E-state index contributed by atoms with van der Waals surface area (Å²) < 4.78 is 43.1. The lowest BCUT2D eigenvalue weighted by molar-refractivity contribution is -0.170. The van der Waals surface area contributed by atoms with E-state index in [-0.39, 0.29) is 17.8 Å². The second-order valence-electron chi connectivity index (χ2n) is 4.81. The van der Waals surface area contributed by atoms with E-state index in [1.165, 1.54) is 0 Å². The smallest absolute Gasteiger partial charge is 0.411 e.